The molecule has 0 saturated carbocycles. The van der Waals surface area contributed by atoms with Gasteiger partial charge >= 0.3 is 0 Å². The van der Waals surface area contributed by atoms with E-state index in [4.69, 9.17) is 11.0 Å². The minimum atomic E-state index is -0.596. The largest absolute Gasteiger partial charge is 0.355 e. The van der Waals surface area contributed by atoms with E-state index in [0.717, 1.165) is 0 Å². The molecule has 2 amide bonds. The first-order valence-corrected chi connectivity index (χ1v) is 5.66. The molecule has 0 heterocycles. The van der Waals surface area contributed by atoms with Gasteiger partial charge in [-0.05, 0) is 12.3 Å². The monoisotopic (exact) mass is 240 g/mol. The predicted molar refractivity (Wildman–Crippen MR) is 63.7 cm³/mol. The number of rotatable bonds is 7. The Hall–Kier alpha value is -1.61. The van der Waals surface area contributed by atoms with Crippen LogP contribution in [0, 0.1) is 17.2 Å². The van der Waals surface area contributed by atoms with E-state index in [1.54, 1.807) is 0 Å². The number of hydrogen-bond acceptors (Lipinski definition) is 4. The highest BCUT2D eigenvalue weighted by atomic mass is 16.2. The van der Waals surface area contributed by atoms with Crippen molar-refractivity contribution in [1.82, 2.24) is 10.6 Å². The fraction of sp³-hybridized carbons (Fsp3) is 0.727. The molecule has 0 aliphatic heterocycles. The van der Waals surface area contributed by atoms with Gasteiger partial charge in [-0.2, -0.15) is 5.26 Å². The summed E-state index contributed by atoms with van der Waals surface area (Å²) in [7, 11) is 0. The first-order chi connectivity index (χ1) is 7.99. The van der Waals surface area contributed by atoms with Crippen LogP contribution in [0.5, 0.6) is 0 Å². The van der Waals surface area contributed by atoms with Gasteiger partial charge in [0.05, 0.1) is 18.7 Å². The minimum Gasteiger partial charge on any atom is -0.355 e. The fourth-order valence-corrected chi connectivity index (χ4v) is 1.05. The maximum atomic E-state index is 11.4. The molecule has 0 aliphatic carbocycles. The van der Waals surface area contributed by atoms with Crippen LogP contribution in [0.15, 0.2) is 0 Å². The second kappa shape index (κ2) is 8.53. The third kappa shape index (κ3) is 7.30. The lowest BCUT2D eigenvalue weighted by molar-refractivity contribution is -0.127. The van der Waals surface area contributed by atoms with Crippen LogP contribution < -0.4 is 16.4 Å². The molecule has 96 valence electrons. The molecular weight excluding hydrogens is 220 g/mol. The summed E-state index contributed by atoms with van der Waals surface area (Å²) in [5, 5.41) is 13.3. The lowest BCUT2D eigenvalue weighted by atomic mass is 10.1. The van der Waals surface area contributed by atoms with Crippen molar-refractivity contribution in [2.24, 2.45) is 11.7 Å². The summed E-state index contributed by atoms with van der Waals surface area (Å²) in [5.41, 5.74) is 5.61. The Morgan fingerprint density at radius 3 is 2.53 bits per heavy atom. The summed E-state index contributed by atoms with van der Waals surface area (Å²) >= 11 is 0. The third-order valence-electron chi connectivity index (χ3n) is 2.23. The quantitative estimate of drug-likeness (QED) is 0.521. The highest BCUT2D eigenvalue weighted by molar-refractivity contribution is 5.87. The SMILES string of the molecule is CC(C)[C@H](N)C(=O)NCC(=O)NCCCC#N. The highest BCUT2D eigenvalue weighted by Gasteiger charge is 2.17. The summed E-state index contributed by atoms with van der Waals surface area (Å²) in [5.74, 6) is -0.562. The molecule has 0 unspecified atom stereocenters. The van der Waals surface area contributed by atoms with Gasteiger partial charge in [-0.25, -0.2) is 0 Å². The second-order valence-electron chi connectivity index (χ2n) is 4.10. The number of nitrogens with one attached hydrogen (secondary N) is 2. The van der Waals surface area contributed by atoms with Crippen LogP contribution in [-0.4, -0.2) is 30.9 Å². The maximum Gasteiger partial charge on any atom is 0.239 e. The molecule has 0 aromatic rings. The first-order valence-electron chi connectivity index (χ1n) is 5.66. The molecule has 6 nitrogen and oxygen atoms in total. The van der Waals surface area contributed by atoms with Gasteiger partial charge in [0, 0.05) is 13.0 Å². The van der Waals surface area contributed by atoms with Crippen molar-refractivity contribution in [3.63, 3.8) is 0 Å². The number of nitriles is 1. The van der Waals surface area contributed by atoms with Crippen molar-refractivity contribution < 1.29 is 9.59 Å². The number of nitrogens with zero attached hydrogens (tertiary/aromatic N) is 1. The Labute approximate surface area is 102 Å². The van der Waals surface area contributed by atoms with E-state index in [1.807, 2.05) is 19.9 Å². The summed E-state index contributed by atoms with van der Waals surface area (Å²) in [4.78, 5) is 22.7. The van der Waals surface area contributed by atoms with Crippen molar-refractivity contribution in [3.8, 4) is 6.07 Å². The van der Waals surface area contributed by atoms with Crippen LogP contribution in [0.25, 0.3) is 0 Å². The standard InChI is InChI=1S/C11H20N4O2/c1-8(2)10(13)11(17)15-7-9(16)14-6-4-3-5-12/h8,10H,3-4,6-7,13H2,1-2H3,(H,14,16)(H,15,17)/t10-/m0/s1. The Morgan fingerprint density at radius 2 is 2.00 bits per heavy atom. The van der Waals surface area contributed by atoms with E-state index in [2.05, 4.69) is 10.6 Å². The Balaban J connectivity index is 3.70. The van der Waals surface area contributed by atoms with Gasteiger partial charge in [0.1, 0.15) is 0 Å². The van der Waals surface area contributed by atoms with E-state index in [9.17, 15) is 9.59 Å². The molecule has 0 aromatic carbocycles. The zero-order chi connectivity index (χ0) is 13.3. The molecule has 0 radical (unpaired) electrons. The summed E-state index contributed by atoms with van der Waals surface area (Å²) in [6.45, 7) is 4.04. The van der Waals surface area contributed by atoms with Gasteiger partial charge in [0.2, 0.25) is 11.8 Å². The van der Waals surface area contributed by atoms with E-state index in [0.29, 0.717) is 19.4 Å². The number of unbranched alkanes of at least 4 members (excludes halogenated alkanes) is 1. The highest BCUT2D eigenvalue weighted by Crippen LogP contribution is 1.97. The summed E-state index contributed by atoms with van der Waals surface area (Å²) in [6.07, 6.45) is 1.02. The lowest BCUT2D eigenvalue weighted by Crippen LogP contribution is -2.47. The molecule has 0 aromatic heterocycles. The fourth-order valence-electron chi connectivity index (χ4n) is 1.05. The lowest BCUT2D eigenvalue weighted by Gasteiger charge is -2.15. The van der Waals surface area contributed by atoms with Crippen LogP contribution in [0.1, 0.15) is 26.7 Å². The van der Waals surface area contributed by atoms with Gasteiger partial charge in [-0.15, -0.1) is 0 Å². The molecule has 17 heavy (non-hydrogen) atoms. The number of amides is 2. The summed E-state index contributed by atoms with van der Waals surface area (Å²) < 4.78 is 0. The number of nitrogens with two attached hydrogens (primary N) is 1. The van der Waals surface area contributed by atoms with Crippen molar-refractivity contribution >= 4 is 11.8 Å². The molecule has 0 saturated heterocycles. The van der Waals surface area contributed by atoms with Gasteiger partial charge < -0.3 is 16.4 Å². The zero-order valence-corrected chi connectivity index (χ0v) is 10.3. The van der Waals surface area contributed by atoms with E-state index in [1.165, 1.54) is 0 Å². The Bertz CT molecular complexity index is 296. The molecular formula is C11H20N4O2. The first kappa shape index (κ1) is 15.4. The molecule has 0 bridgehead atoms. The van der Waals surface area contributed by atoms with Crippen molar-refractivity contribution in [3.05, 3.63) is 0 Å². The summed E-state index contributed by atoms with van der Waals surface area (Å²) in [6, 6.07) is 1.39. The van der Waals surface area contributed by atoms with Crippen molar-refractivity contribution in [1.29, 1.82) is 5.26 Å². The van der Waals surface area contributed by atoms with Crippen LogP contribution in [0.3, 0.4) is 0 Å². The van der Waals surface area contributed by atoms with Gasteiger partial charge in [0.15, 0.2) is 0 Å². The smallest absolute Gasteiger partial charge is 0.239 e. The van der Waals surface area contributed by atoms with Crippen LogP contribution in [-0.2, 0) is 9.59 Å². The molecule has 1 atom stereocenters. The molecule has 6 heteroatoms. The predicted octanol–water partition coefficient (Wildman–Crippen LogP) is -0.494. The van der Waals surface area contributed by atoms with Gasteiger partial charge in [-0.3, -0.25) is 9.59 Å². The number of carbonyl (C=O) groups is 2. The number of hydrogen-bond donors (Lipinski definition) is 3. The molecule has 4 N–H and O–H groups in total. The van der Waals surface area contributed by atoms with Crippen LogP contribution in [0.4, 0.5) is 0 Å². The Kier molecular flexibility index (Phi) is 7.72. The number of carbonyl (C=O) groups excluding carboxylic acids is 2. The topological polar surface area (TPSA) is 108 Å². The van der Waals surface area contributed by atoms with E-state index in [-0.39, 0.29) is 24.3 Å². The zero-order valence-electron chi connectivity index (χ0n) is 10.3. The molecule has 0 rings (SSSR count). The van der Waals surface area contributed by atoms with Crippen LogP contribution >= 0.6 is 0 Å². The van der Waals surface area contributed by atoms with Gasteiger partial charge in [-0.1, -0.05) is 13.8 Å². The molecule has 0 aliphatic rings. The normalized spacial score (nSPS) is 11.7. The van der Waals surface area contributed by atoms with Crippen LogP contribution in [0.2, 0.25) is 0 Å². The minimum absolute atomic E-state index is 0.0358. The third-order valence-corrected chi connectivity index (χ3v) is 2.23. The Morgan fingerprint density at radius 1 is 1.35 bits per heavy atom. The van der Waals surface area contributed by atoms with E-state index >= 15 is 0 Å². The van der Waals surface area contributed by atoms with Crippen molar-refractivity contribution in [2.75, 3.05) is 13.1 Å². The van der Waals surface area contributed by atoms with Gasteiger partial charge in [0.25, 0.3) is 0 Å². The second-order valence-corrected chi connectivity index (χ2v) is 4.10. The molecule has 0 spiro atoms. The average Bonchev–Trinajstić information content (AvgIpc) is 2.30. The van der Waals surface area contributed by atoms with E-state index < -0.39 is 6.04 Å². The average molecular weight is 240 g/mol. The van der Waals surface area contributed by atoms with Crippen molar-refractivity contribution in [2.45, 2.75) is 32.7 Å². The maximum absolute atomic E-state index is 11.4. The molecule has 0 fully saturated rings.